The predicted molar refractivity (Wildman–Crippen MR) is 43.1 cm³/mol. The van der Waals surface area contributed by atoms with E-state index in [2.05, 4.69) is 0 Å². The van der Waals surface area contributed by atoms with Crippen molar-refractivity contribution in [1.82, 2.24) is 0 Å². The number of aryl methyl sites for hydroxylation is 2. The second-order valence-electron chi connectivity index (χ2n) is 2.46. The van der Waals surface area contributed by atoms with E-state index in [0.29, 0.717) is 4.90 Å². The predicted octanol–water partition coefficient (Wildman–Crippen LogP) is -1.45. The second kappa shape index (κ2) is 5.14. The zero-order valence-corrected chi connectivity index (χ0v) is 10.3. The van der Waals surface area contributed by atoms with Crippen LogP contribution >= 0.6 is 0 Å². The van der Waals surface area contributed by atoms with Crippen LogP contribution in [0.3, 0.4) is 0 Å². The number of hydrogen-bond donors (Lipinski definition) is 0. The van der Waals surface area contributed by atoms with Gasteiger partial charge in [-0.3, -0.25) is 4.21 Å². The summed E-state index contributed by atoms with van der Waals surface area (Å²) >= 11 is -2.10. The van der Waals surface area contributed by atoms with E-state index in [1.54, 1.807) is 26.0 Å². The summed E-state index contributed by atoms with van der Waals surface area (Å²) < 4.78 is 21.3. The SMILES string of the molecule is Cc1cccc(C)c1S(=O)[O-].[Na+]. The van der Waals surface area contributed by atoms with E-state index in [4.69, 9.17) is 0 Å². The van der Waals surface area contributed by atoms with Crippen LogP contribution in [0.2, 0.25) is 0 Å². The molecule has 12 heavy (non-hydrogen) atoms. The van der Waals surface area contributed by atoms with E-state index in [1.807, 2.05) is 6.07 Å². The Kier molecular flexibility index (Phi) is 5.29. The maximum atomic E-state index is 10.6. The molecule has 0 amide bonds. The van der Waals surface area contributed by atoms with Crippen LogP contribution in [-0.2, 0) is 11.1 Å². The van der Waals surface area contributed by atoms with Gasteiger partial charge in [-0.25, -0.2) is 0 Å². The molecule has 0 radical (unpaired) electrons. The molecule has 0 aliphatic heterocycles. The zero-order valence-electron chi connectivity index (χ0n) is 7.46. The maximum absolute atomic E-state index is 10.6. The molecule has 1 atom stereocenters. The molecule has 0 saturated heterocycles. The minimum atomic E-state index is -2.10. The summed E-state index contributed by atoms with van der Waals surface area (Å²) in [7, 11) is 0. The van der Waals surface area contributed by atoms with Crippen molar-refractivity contribution >= 4 is 11.1 Å². The van der Waals surface area contributed by atoms with Crippen molar-refractivity contribution in [2.75, 3.05) is 0 Å². The van der Waals surface area contributed by atoms with Crippen molar-refractivity contribution in [3.05, 3.63) is 29.3 Å². The molecule has 1 aromatic carbocycles. The van der Waals surface area contributed by atoms with Crippen molar-refractivity contribution < 1.29 is 38.3 Å². The van der Waals surface area contributed by atoms with E-state index in [1.165, 1.54) is 0 Å². The van der Waals surface area contributed by atoms with Crippen molar-refractivity contribution in [1.29, 1.82) is 0 Å². The molecule has 1 unspecified atom stereocenters. The van der Waals surface area contributed by atoms with Gasteiger partial charge < -0.3 is 4.55 Å². The summed E-state index contributed by atoms with van der Waals surface area (Å²) in [5.41, 5.74) is 1.61. The van der Waals surface area contributed by atoms with Gasteiger partial charge >= 0.3 is 29.6 Å². The smallest absolute Gasteiger partial charge is 0.768 e. The average Bonchev–Trinajstić information content (AvgIpc) is 1.85. The molecular formula is C8H9NaO2S. The molecule has 0 heterocycles. The quantitative estimate of drug-likeness (QED) is 0.403. The minimum Gasteiger partial charge on any atom is -0.768 e. The van der Waals surface area contributed by atoms with E-state index in [-0.39, 0.29) is 29.6 Å². The van der Waals surface area contributed by atoms with Gasteiger partial charge in [0.1, 0.15) is 0 Å². The van der Waals surface area contributed by atoms with Crippen LogP contribution in [0, 0.1) is 13.8 Å². The largest absolute Gasteiger partial charge is 1.00 e. The fraction of sp³-hybridized carbons (Fsp3) is 0.250. The molecule has 0 aliphatic rings. The van der Waals surface area contributed by atoms with E-state index >= 15 is 0 Å². The fourth-order valence-corrected chi connectivity index (χ4v) is 1.72. The van der Waals surface area contributed by atoms with Crippen LogP contribution < -0.4 is 29.6 Å². The van der Waals surface area contributed by atoms with Gasteiger partial charge in [0.25, 0.3) is 0 Å². The Morgan fingerprint density at radius 3 is 1.92 bits per heavy atom. The topological polar surface area (TPSA) is 40.1 Å². The van der Waals surface area contributed by atoms with Crippen molar-refractivity contribution in [3.8, 4) is 0 Å². The molecule has 0 saturated carbocycles. The average molecular weight is 192 g/mol. The van der Waals surface area contributed by atoms with Crippen molar-refractivity contribution in [2.45, 2.75) is 18.7 Å². The summed E-state index contributed by atoms with van der Waals surface area (Å²) in [6.45, 7) is 3.58. The van der Waals surface area contributed by atoms with Crippen LogP contribution in [0.4, 0.5) is 0 Å². The Labute approximate surface area is 97.0 Å². The molecule has 1 aromatic rings. The summed E-state index contributed by atoms with van der Waals surface area (Å²) in [6.07, 6.45) is 0. The number of benzene rings is 1. The summed E-state index contributed by atoms with van der Waals surface area (Å²) in [6, 6.07) is 5.43. The molecule has 4 heteroatoms. The summed E-state index contributed by atoms with van der Waals surface area (Å²) in [5, 5.41) is 0. The first-order valence-corrected chi connectivity index (χ1v) is 4.36. The van der Waals surface area contributed by atoms with Gasteiger partial charge in [-0.15, -0.1) is 0 Å². The molecule has 60 valence electrons. The third-order valence-electron chi connectivity index (χ3n) is 1.58. The third kappa shape index (κ3) is 2.68. The summed E-state index contributed by atoms with van der Waals surface area (Å²) in [5.74, 6) is 0. The molecule has 1 rings (SSSR count). The molecule has 0 bridgehead atoms. The summed E-state index contributed by atoms with van der Waals surface area (Å²) in [4.78, 5) is 0.424. The van der Waals surface area contributed by atoms with Crippen LogP contribution in [0.25, 0.3) is 0 Å². The van der Waals surface area contributed by atoms with Gasteiger partial charge in [-0.2, -0.15) is 0 Å². The molecule has 0 aromatic heterocycles. The Bertz CT molecular complexity index is 279. The Morgan fingerprint density at radius 2 is 1.67 bits per heavy atom. The first kappa shape index (κ1) is 12.3. The van der Waals surface area contributed by atoms with Gasteiger partial charge in [-0.1, -0.05) is 18.2 Å². The van der Waals surface area contributed by atoms with Gasteiger partial charge in [0, 0.05) is 4.90 Å². The number of rotatable bonds is 1. The monoisotopic (exact) mass is 192 g/mol. The maximum Gasteiger partial charge on any atom is 1.00 e. The van der Waals surface area contributed by atoms with Crippen LogP contribution in [0.5, 0.6) is 0 Å². The Hall–Kier alpha value is 0.330. The Morgan fingerprint density at radius 1 is 1.25 bits per heavy atom. The number of hydrogen-bond acceptors (Lipinski definition) is 2. The van der Waals surface area contributed by atoms with Crippen molar-refractivity contribution in [3.63, 3.8) is 0 Å². The Balaban J connectivity index is 0.00000121. The van der Waals surface area contributed by atoms with E-state index in [0.717, 1.165) is 11.1 Å². The van der Waals surface area contributed by atoms with Gasteiger partial charge in [0.2, 0.25) is 0 Å². The van der Waals surface area contributed by atoms with Gasteiger partial charge in [0.05, 0.1) is 0 Å². The standard InChI is InChI=1S/C8H10O2S.Na/c1-6-4-3-5-7(2)8(6)11(9)10;/h3-5H,1-2H3,(H,9,10);/q;+1/p-1. The first-order valence-electron chi connectivity index (χ1n) is 3.28. The van der Waals surface area contributed by atoms with E-state index < -0.39 is 11.1 Å². The van der Waals surface area contributed by atoms with E-state index in [9.17, 15) is 8.76 Å². The van der Waals surface area contributed by atoms with Gasteiger partial charge in [0.15, 0.2) is 0 Å². The third-order valence-corrected chi connectivity index (χ3v) is 2.55. The molecular weight excluding hydrogens is 183 g/mol. The van der Waals surface area contributed by atoms with Crippen LogP contribution in [-0.4, -0.2) is 8.76 Å². The molecule has 2 nitrogen and oxygen atoms in total. The van der Waals surface area contributed by atoms with Crippen LogP contribution in [0.15, 0.2) is 23.1 Å². The molecule has 0 spiro atoms. The zero-order chi connectivity index (χ0) is 8.43. The molecule has 0 aliphatic carbocycles. The minimum absolute atomic E-state index is 0. The van der Waals surface area contributed by atoms with Gasteiger partial charge in [-0.05, 0) is 36.1 Å². The fourth-order valence-electron chi connectivity index (χ4n) is 1.06. The molecule has 0 N–H and O–H groups in total. The molecule has 0 fully saturated rings. The second-order valence-corrected chi connectivity index (χ2v) is 3.33. The normalized spacial score (nSPS) is 11.9. The first-order chi connectivity index (χ1) is 5.13. The van der Waals surface area contributed by atoms with Crippen molar-refractivity contribution in [2.24, 2.45) is 0 Å². The van der Waals surface area contributed by atoms with Crippen LogP contribution in [0.1, 0.15) is 11.1 Å².